The van der Waals surface area contributed by atoms with E-state index in [1.54, 1.807) is 0 Å². The third-order valence-electron chi connectivity index (χ3n) is 10.7. The second-order valence-corrected chi connectivity index (χ2v) is 16.3. The van der Waals surface area contributed by atoms with E-state index in [0.29, 0.717) is 0 Å². The minimum atomic E-state index is -0.116. The van der Waals surface area contributed by atoms with Crippen LogP contribution in [0.5, 0.6) is 0 Å². The van der Waals surface area contributed by atoms with Gasteiger partial charge in [0.15, 0.2) is 0 Å². The summed E-state index contributed by atoms with van der Waals surface area (Å²) in [4.78, 5) is 0. The highest BCUT2D eigenvalue weighted by Crippen LogP contribution is 2.38. The van der Waals surface area contributed by atoms with Crippen LogP contribution in [0.3, 0.4) is 0 Å². The summed E-state index contributed by atoms with van der Waals surface area (Å²) in [5, 5.41) is 10.5. The Kier molecular flexibility index (Phi) is 7.23. The van der Waals surface area contributed by atoms with E-state index in [0.717, 1.165) is 6.42 Å². The Hall–Kier alpha value is -4.94. The van der Waals surface area contributed by atoms with Crippen LogP contribution in [0.1, 0.15) is 92.5 Å². The van der Waals surface area contributed by atoms with Gasteiger partial charge in [-0.05, 0) is 153 Å². The van der Waals surface area contributed by atoms with Crippen LogP contribution >= 0.6 is 0 Å². The van der Waals surface area contributed by atoms with Crippen molar-refractivity contribution in [3.05, 3.63) is 181 Å². The average Bonchev–Trinajstić information content (AvgIpc) is 3.71. The summed E-state index contributed by atoms with van der Waals surface area (Å²) >= 11 is 0. The molecular formula is C49H46. The first-order chi connectivity index (χ1) is 23.4. The molecule has 0 fully saturated rings. The quantitative estimate of drug-likeness (QED) is 0.181. The van der Waals surface area contributed by atoms with Gasteiger partial charge < -0.3 is 0 Å². The van der Waals surface area contributed by atoms with Gasteiger partial charge in [-0.15, -0.1) is 0 Å². The van der Waals surface area contributed by atoms with Crippen molar-refractivity contribution >= 4 is 38.8 Å². The van der Waals surface area contributed by atoms with Crippen molar-refractivity contribution < 1.29 is 0 Å². The minimum absolute atomic E-state index is 0.0313. The molecular weight excluding hydrogens is 589 g/mol. The molecule has 242 valence electrons. The molecule has 0 atom stereocenters. The number of hydrogen-bond donors (Lipinski definition) is 0. The van der Waals surface area contributed by atoms with E-state index >= 15 is 0 Å². The molecule has 0 unspecified atom stereocenters. The first-order valence-electron chi connectivity index (χ1n) is 17.8. The highest BCUT2D eigenvalue weighted by Gasteiger charge is 2.29. The Morgan fingerprint density at radius 3 is 1.76 bits per heavy atom. The molecule has 49 heavy (non-hydrogen) atoms. The average molecular weight is 635 g/mol. The summed E-state index contributed by atoms with van der Waals surface area (Å²) in [5.41, 5.74) is 13.5. The van der Waals surface area contributed by atoms with E-state index in [9.17, 15) is 0 Å². The molecule has 0 saturated carbocycles. The van der Waals surface area contributed by atoms with Gasteiger partial charge in [0, 0.05) is 0 Å². The van der Waals surface area contributed by atoms with E-state index in [2.05, 4.69) is 177 Å². The van der Waals surface area contributed by atoms with E-state index in [1.165, 1.54) is 98.1 Å². The van der Waals surface area contributed by atoms with E-state index in [4.69, 9.17) is 0 Å². The van der Waals surface area contributed by atoms with Gasteiger partial charge in [-0.1, -0.05) is 139 Å². The molecule has 0 heterocycles. The third-order valence-corrected chi connectivity index (χ3v) is 10.7. The molecule has 0 heteroatoms. The third kappa shape index (κ3) is 5.21. The van der Waals surface area contributed by atoms with E-state index in [-0.39, 0.29) is 10.8 Å². The van der Waals surface area contributed by atoms with Crippen LogP contribution in [-0.2, 0) is 10.8 Å². The van der Waals surface area contributed by atoms with Crippen LogP contribution in [-0.4, -0.2) is 0 Å². The molecule has 0 N–H and O–H groups in total. The Morgan fingerprint density at radius 2 is 1.22 bits per heavy atom. The molecule has 0 nitrogen and oxygen atoms in total. The maximum atomic E-state index is 2.53. The van der Waals surface area contributed by atoms with Gasteiger partial charge >= 0.3 is 0 Å². The SMILES string of the molecule is Cc1cc2c(cc1C(C)(C)C)=c1c(c(C3=CC=CC3)c(C)c(C(C)(C)C)c1=C(c1ccc3ccccc3c1)c1ccc3ccccc3c1)C=2. The highest BCUT2D eigenvalue weighted by atomic mass is 14.3. The number of benzene rings is 6. The molecule has 0 bridgehead atoms. The maximum Gasteiger partial charge on any atom is -0.00167 e. The lowest BCUT2D eigenvalue weighted by atomic mass is 9.75. The lowest BCUT2D eigenvalue weighted by Gasteiger charge is -2.28. The number of rotatable bonds is 3. The molecule has 0 aliphatic heterocycles. The summed E-state index contributed by atoms with van der Waals surface area (Å²) in [5.74, 6) is 0. The summed E-state index contributed by atoms with van der Waals surface area (Å²) in [6.07, 6.45) is 10.3. The van der Waals surface area contributed by atoms with Gasteiger partial charge in [-0.3, -0.25) is 0 Å². The van der Waals surface area contributed by atoms with Crippen molar-refractivity contribution in [2.45, 2.75) is 72.6 Å². The molecule has 2 aliphatic rings. The largest absolute Gasteiger partial charge is 0.0801 e. The standard InChI is InChI=1S/C49H46/c1-30-25-39-28-41-43(34-17-11-12-18-34)31(2)47(49(6,7)8)46(45(41)40(39)29-42(30)48(3,4)5)44(37-23-21-32-15-9-13-19-35(32)26-37)38-24-22-33-16-10-14-20-36(33)27-38/h9-17,19-29H,18H2,1-8H3. The molecule has 0 radical (unpaired) electrons. The lowest BCUT2D eigenvalue weighted by Crippen LogP contribution is -2.30. The van der Waals surface area contributed by atoms with Crippen LogP contribution in [0.15, 0.2) is 115 Å². The molecule has 2 aliphatic carbocycles. The van der Waals surface area contributed by atoms with Gasteiger partial charge in [-0.2, -0.15) is 0 Å². The zero-order valence-electron chi connectivity index (χ0n) is 30.3. The van der Waals surface area contributed by atoms with Crippen molar-refractivity contribution in [3.63, 3.8) is 0 Å². The monoisotopic (exact) mass is 634 g/mol. The first-order valence-corrected chi connectivity index (χ1v) is 17.8. The highest BCUT2D eigenvalue weighted by molar-refractivity contribution is 5.94. The fourth-order valence-corrected chi connectivity index (χ4v) is 8.73. The van der Waals surface area contributed by atoms with Crippen LogP contribution in [0, 0.1) is 24.3 Å². The van der Waals surface area contributed by atoms with Crippen molar-refractivity contribution in [3.8, 4) is 0 Å². The lowest BCUT2D eigenvalue weighted by molar-refractivity contribution is 0.580. The number of hydrogen-bond acceptors (Lipinski definition) is 0. The van der Waals surface area contributed by atoms with Crippen molar-refractivity contribution in [1.29, 1.82) is 0 Å². The Balaban J connectivity index is 1.70. The van der Waals surface area contributed by atoms with E-state index in [1.807, 2.05) is 0 Å². The summed E-state index contributed by atoms with van der Waals surface area (Å²) < 4.78 is 0. The van der Waals surface area contributed by atoms with Crippen molar-refractivity contribution in [2.75, 3.05) is 0 Å². The van der Waals surface area contributed by atoms with Crippen LogP contribution in [0.2, 0.25) is 0 Å². The predicted molar refractivity (Wildman–Crippen MR) is 211 cm³/mol. The van der Waals surface area contributed by atoms with Gasteiger partial charge in [0.25, 0.3) is 0 Å². The minimum Gasteiger partial charge on any atom is -0.0801 e. The normalized spacial score (nSPS) is 13.8. The zero-order chi connectivity index (χ0) is 34.2. The molecule has 0 aromatic heterocycles. The van der Waals surface area contributed by atoms with Gasteiger partial charge in [0.05, 0.1) is 0 Å². The number of fused-ring (bicyclic) bond motifs is 4. The molecule has 0 spiro atoms. The summed E-state index contributed by atoms with van der Waals surface area (Å²) in [6, 6.07) is 36.7. The molecule has 6 aromatic carbocycles. The maximum absolute atomic E-state index is 2.53. The number of aryl methyl sites for hydroxylation is 1. The smallest absolute Gasteiger partial charge is 0.00167 e. The zero-order valence-corrected chi connectivity index (χ0v) is 30.3. The topological polar surface area (TPSA) is 0 Å². The molecule has 0 amide bonds. The fraction of sp³-hybridized carbons (Fsp3) is 0.224. The predicted octanol–water partition coefficient (Wildman–Crippen LogP) is 11.2. The fourth-order valence-electron chi connectivity index (χ4n) is 8.73. The van der Waals surface area contributed by atoms with E-state index < -0.39 is 0 Å². The number of allylic oxidation sites excluding steroid dienone is 4. The van der Waals surface area contributed by atoms with Crippen LogP contribution in [0.25, 0.3) is 38.8 Å². The second kappa shape index (κ2) is 11.3. The molecule has 8 rings (SSSR count). The van der Waals surface area contributed by atoms with Gasteiger partial charge in [0.1, 0.15) is 0 Å². The Bertz CT molecular complexity index is 2560. The van der Waals surface area contributed by atoms with Gasteiger partial charge in [-0.25, -0.2) is 0 Å². The second-order valence-electron chi connectivity index (χ2n) is 16.3. The van der Waals surface area contributed by atoms with Crippen molar-refractivity contribution in [1.82, 2.24) is 0 Å². The Morgan fingerprint density at radius 1 is 0.633 bits per heavy atom. The summed E-state index contributed by atoms with van der Waals surface area (Å²) in [7, 11) is 0. The molecule has 0 saturated heterocycles. The Labute approximate surface area is 291 Å². The summed E-state index contributed by atoms with van der Waals surface area (Å²) in [6.45, 7) is 18.9. The first kappa shape index (κ1) is 31.3. The van der Waals surface area contributed by atoms with Crippen LogP contribution in [0.4, 0.5) is 0 Å². The van der Waals surface area contributed by atoms with Gasteiger partial charge in [0.2, 0.25) is 0 Å². The van der Waals surface area contributed by atoms with Crippen LogP contribution < -0.4 is 10.4 Å². The molecule has 6 aromatic rings. The van der Waals surface area contributed by atoms with Crippen molar-refractivity contribution in [2.24, 2.45) is 0 Å².